The van der Waals surface area contributed by atoms with Crippen molar-refractivity contribution >= 4 is 0 Å². The Morgan fingerprint density at radius 1 is 0.789 bits per heavy atom. The van der Waals surface area contributed by atoms with E-state index < -0.39 is 53.0 Å². The van der Waals surface area contributed by atoms with E-state index in [9.17, 15) is 35.1 Å². The molecule has 1 rings (SSSR count). The van der Waals surface area contributed by atoms with Crippen molar-refractivity contribution < 1.29 is 40.2 Å². The Balaban J connectivity index is 3.44. The van der Waals surface area contributed by atoms with Gasteiger partial charge in [-0.25, -0.2) is 22.0 Å². The molecule has 3 N–H and O–H groups in total. The molecule has 0 heterocycles. The van der Waals surface area contributed by atoms with E-state index >= 15 is 0 Å². The summed E-state index contributed by atoms with van der Waals surface area (Å²) in [6, 6.07) is -2.86. The molecule has 2 nitrogen and oxygen atoms in total. The van der Waals surface area contributed by atoms with Crippen molar-refractivity contribution in [2.24, 2.45) is 5.73 Å². The van der Waals surface area contributed by atoms with Crippen LogP contribution >= 0.6 is 0 Å². The van der Waals surface area contributed by atoms with Gasteiger partial charge in [0.05, 0.1) is 6.04 Å². The van der Waals surface area contributed by atoms with Crippen LogP contribution in [0.3, 0.4) is 0 Å². The lowest BCUT2D eigenvalue weighted by atomic mass is 10.00. The number of hydrogen-bond donors (Lipinski definition) is 2. The lowest BCUT2D eigenvalue weighted by Crippen LogP contribution is -2.40. The maximum absolute atomic E-state index is 13.1. The van der Waals surface area contributed by atoms with E-state index in [1.807, 2.05) is 0 Å². The summed E-state index contributed by atoms with van der Waals surface area (Å²) in [7, 11) is 0. The topological polar surface area (TPSA) is 46.2 Å². The largest absolute Gasteiger partial charge is 0.416 e. The Morgan fingerprint density at radius 3 is 1.42 bits per heavy atom. The third kappa shape index (κ3) is 2.63. The first-order valence-electron chi connectivity index (χ1n) is 4.51. The van der Waals surface area contributed by atoms with Gasteiger partial charge in [-0.3, -0.25) is 0 Å². The van der Waals surface area contributed by atoms with Crippen LogP contribution in [0.2, 0.25) is 0 Å². The van der Waals surface area contributed by atoms with Crippen molar-refractivity contribution in [1.29, 1.82) is 0 Å². The molecule has 0 amide bonds. The van der Waals surface area contributed by atoms with Gasteiger partial charge in [-0.1, -0.05) is 0 Å². The zero-order chi connectivity index (χ0) is 15.1. The number of halogens is 8. The minimum absolute atomic E-state index is 1.93. The van der Waals surface area contributed by atoms with Crippen LogP contribution in [0.1, 0.15) is 11.6 Å². The zero-order valence-electron chi connectivity index (χ0n) is 8.70. The highest BCUT2D eigenvalue weighted by molar-refractivity contribution is 5.27. The highest BCUT2D eigenvalue weighted by atomic mass is 19.4. The predicted octanol–water partition coefficient (Wildman–Crippen LogP) is 2.31. The molecule has 2 atom stereocenters. The third-order valence-corrected chi connectivity index (χ3v) is 2.25. The van der Waals surface area contributed by atoms with Gasteiger partial charge in [-0.2, -0.15) is 13.2 Å². The van der Waals surface area contributed by atoms with E-state index in [1.54, 1.807) is 0 Å². The molecule has 0 aliphatic heterocycles. The van der Waals surface area contributed by atoms with Crippen molar-refractivity contribution in [2.45, 2.75) is 18.3 Å². The summed E-state index contributed by atoms with van der Waals surface area (Å²) in [5.41, 5.74) is 2.78. The van der Waals surface area contributed by atoms with E-state index in [1.165, 1.54) is 0 Å². The van der Waals surface area contributed by atoms with Crippen molar-refractivity contribution in [2.75, 3.05) is 0 Å². The molecule has 0 saturated carbocycles. The standard InChI is InChI=1S/C9H5F8NO/c10-2-1(7(18)8(19)9(15,16)17)3(11)5(13)6(14)4(2)12/h7-8,19H,18H2/t7-,8-/m1/s1. The summed E-state index contributed by atoms with van der Waals surface area (Å²) >= 11 is 0. The highest BCUT2D eigenvalue weighted by Gasteiger charge is 2.45. The first kappa shape index (κ1) is 15.6. The molecule has 1 aromatic rings. The molecular formula is C9H5F8NO. The van der Waals surface area contributed by atoms with E-state index in [0.29, 0.717) is 0 Å². The lowest BCUT2D eigenvalue weighted by molar-refractivity contribution is -0.210. The molecule has 19 heavy (non-hydrogen) atoms. The molecule has 0 spiro atoms. The monoisotopic (exact) mass is 295 g/mol. The molecule has 0 aromatic heterocycles. The molecule has 108 valence electrons. The molecule has 0 aliphatic rings. The summed E-state index contributed by atoms with van der Waals surface area (Å²) in [6.07, 6.45) is -8.87. The van der Waals surface area contributed by atoms with E-state index in [-0.39, 0.29) is 0 Å². The highest BCUT2D eigenvalue weighted by Crippen LogP contribution is 2.33. The third-order valence-electron chi connectivity index (χ3n) is 2.25. The first-order chi connectivity index (χ1) is 8.50. The normalized spacial score (nSPS) is 15.5. The Kier molecular flexibility index (Phi) is 4.06. The average molecular weight is 295 g/mol. The minimum Gasteiger partial charge on any atom is -0.382 e. The Bertz CT molecular complexity index is 471. The van der Waals surface area contributed by atoms with Crippen LogP contribution in [-0.4, -0.2) is 17.4 Å². The Hall–Kier alpha value is -1.42. The second kappa shape index (κ2) is 4.93. The summed E-state index contributed by atoms with van der Waals surface area (Å²) in [5.74, 6) is -12.5. The van der Waals surface area contributed by atoms with Gasteiger partial charge in [0, 0.05) is 5.56 Å². The number of aliphatic hydroxyl groups is 1. The van der Waals surface area contributed by atoms with Crippen molar-refractivity contribution in [3.63, 3.8) is 0 Å². The fraction of sp³-hybridized carbons (Fsp3) is 0.333. The Labute approximate surface area is 100.0 Å². The number of aliphatic hydroxyl groups excluding tert-OH is 1. The summed E-state index contributed by atoms with van der Waals surface area (Å²) in [4.78, 5) is 0. The molecule has 1 aromatic carbocycles. The Morgan fingerprint density at radius 2 is 1.11 bits per heavy atom. The summed E-state index contributed by atoms with van der Waals surface area (Å²) in [6.45, 7) is 0. The number of rotatable bonds is 2. The first-order valence-corrected chi connectivity index (χ1v) is 4.51. The molecule has 0 aliphatic carbocycles. The van der Waals surface area contributed by atoms with Crippen LogP contribution in [0.25, 0.3) is 0 Å². The van der Waals surface area contributed by atoms with E-state index in [0.717, 1.165) is 0 Å². The molecular weight excluding hydrogens is 290 g/mol. The van der Waals surface area contributed by atoms with Gasteiger partial charge in [0.25, 0.3) is 0 Å². The molecule has 0 bridgehead atoms. The number of benzene rings is 1. The predicted molar refractivity (Wildman–Crippen MR) is 45.2 cm³/mol. The van der Waals surface area contributed by atoms with Crippen LogP contribution < -0.4 is 5.73 Å². The molecule has 0 fully saturated rings. The minimum atomic E-state index is -5.39. The maximum atomic E-state index is 13.1. The average Bonchev–Trinajstić information content (AvgIpc) is 2.31. The second-order valence-corrected chi connectivity index (χ2v) is 3.50. The van der Waals surface area contributed by atoms with Crippen LogP contribution in [0, 0.1) is 29.1 Å². The molecule has 0 unspecified atom stereocenters. The lowest BCUT2D eigenvalue weighted by Gasteiger charge is -2.22. The van der Waals surface area contributed by atoms with Gasteiger partial charge in [-0.15, -0.1) is 0 Å². The van der Waals surface area contributed by atoms with Gasteiger partial charge >= 0.3 is 6.18 Å². The van der Waals surface area contributed by atoms with Crippen molar-refractivity contribution in [3.8, 4) is 0 Å². The van der Waals surface area contributed by atoms with Gasteiger partial charge in [-0.05, 0) is 0 Å². The van der Waals surface area contributed by atoms with Gasteiger partial charge in [0.15, 0.2) is 29.4 Å². The van der Waals surface area contributed by atoms with Gasteiger partial charge < -0.3 is 10.8 Å². The fourth-order valence-electron chi connectivity index (χ4n) is 1.28. The number of hydrogen-bond acceptors (Lipinski definition) is 2. The molecule has 10 heteroatoms. The van der Waals surface area contributed by atoms with Crippen LogP contribution in [0.5, 0.6) is 0 Å². The molecule has 0 radical (unpaired) electrons. The van der Waals surface area contributed by atoms with E-state index in [2.05, 4.69) is 0 Å². The molecule has 0 saturated heterocycles. The quantitative estimate of drug-likeness (QED) is 0.499. The van der Waals surface area contributed by atoms with Crippen molar-refractivity contribution in [1.82, 2.24) is 0 Å². The summed E-state index contributed by atoms with van der Waals surface area (Å²) in [5, 5.41) is 8.69. The van der Waals surface area contributed by atoms with Gasteiger partial charge in [0.1, 0.15) is 0 Å². The van der Waals surface area contributed by atoms with Crippen LogP contribution in [0.15, 0.2) is 0 Å². The second-order valence-electron chi connectivity index (χ2n) is 3.50. The SMILES string of the molecule is N[C@H](c1c(F)c(F)c(F)c(F)c1F)[C@@H](O)C(F)(F)F. The van der Waals surface area contributed by atoms with E-state index in [4.69, 9.17) is 10.8 Å². The smallest absolute Gasteiger partial charge is 0.382 e. The zero-order valence-corrected chi connectivity index (χ0v) is 8.70. The summed E-state index contributed by atoms with van der Waals surface area (Å²) < 4.78 is 101. The van der Waals surface area contributed by atoms with Crippen LogP contribution in [0.4, 0.5) is 35.1 Å². The maximum Gasteiger partial charge on any atom is 0.416 e. The van der Waals surface area contributed by atoms with Gasteiger partial charge in [0.2, 0.25) is 5.82 Å². The van der Waals surface area contributed by atoms with Crippen molar-refractivity contribution in [3.05, 3.63) is 34.6 Å². The fourth-order valence-corrected chi connectivity index (χ4v) is 1.28. The number of alkyl halides is 3. The number of nitrogens with two attached hydrogens (primary N) is 1. The van der Waals surface area contributed by atoms with Crippen LogP contribution in [-0.2, 0) is 0 Å².